The van der Waals surface area contributed by atoms with Crippen molar-refractivity contribution in [3.8, 4) is 5.75 Å². The normalized spacial score (nSPS) is 30.5. The lowest BCUT2D eigenvalue weighted by Gasteiger charge is -2.32. The van der Waals surface area contributed by atoms with Gasteiger partial charge in [-0.25, -0.2) is 9.18 Å². The van der Waals surface area contributed by atoms with Crippen molar-refractivity contribution in [2.45, 2.75) is 68.8 Å². The van der Waals surface area contributed by atoms with E-state index < -0.39 is 0 Å². The first-order chi connectivity index (χ1) is 16.7. The molecule has 2 aromatic carbocycles. The number of hydrogen-bond donors (Lipinski definition) is 2. The number of amides is 2. The van der Waals surface area contributed by atoms with Gasteiger partial charge in [0.2, 0.25) is 0 Å². The molecule has 0 unspecified atom stereocenters. The van der Waals surface area contributed by atoms with E-state index in [4.69, 9.17) is 18.9 Å². The lowest BCUT2D eigenvalue weighted by molar-refractivity contribution is -0.00294. The van der Waals surface area contributed by atoms with E-state index in [0.717, 1.165) is 31.2 Å². The average Bonchev–Trinajstić information content (AvgIpc) is 3.44. The van der Waals surface area contributed by atoms with E-state index in [-0.39, 0.29) is 48.3 Å². The zero-order valence-electron chi connectivity index (χ0n) is 19.0. The number of carbonyl (C=O) groups is 1. The summed E-state index contributed by atoms with van der Waals surface area (Å²) in [5.41, 5.74) is 1.13. The number of ether oxygens (including phenoxy) is 4. The fourth-order valence-corrected chi connectivity index (χ4v) is 4.99. The fourth-order valence-electron chi connectivity index (χ4n) is 4.99. The molecule has 0 spiro atoms. The molecule has 0 radical (unpaired) electrons. The molecule has 5 rings (SSSR count). The van der Waals surface area contributed by atoms with Crippen molar-refractivity contribution in [2.24, 2.45) is 0 Å². The molecule has 2 saturated heterocycles. The Morgan fingerprint density at radius 1 is 0.882 bits per heavy atom. The highest BCUT2D eigenvalue weighted by Crippen LogP contribution is 2.30. The summed E-state index contributed by atoms with van der Waals surface area (Å²) in [5.74, 6) is 0.248. The molecule has 2 amide bonds. The SMILES string of the molecule is O=C(N[C@H]1CO[C@H]2[C@@H]1OC[C@@H]2Oc1ccc(F)cc1)N[C@@H]1CCCC[C@H]1OCc1ccccc1. The number of carbonyl (C=O) groups excluding carboxylic acids is 1. The lowest BCUT2D eigenvalue weighted by Crippen LogP contribution is -2.54. The van der Waals surface area contributed by atoms with Crippen LogP contribution >= 0.6 is 0 Å². The zero-order chi connectivity index (χ0) is 23.3. The van der Waals surface area contributed by atoms with Gasteiger partial charge in [-0.1, -0.05) is 43.2 Å². The van der Waals surface area contributed by atoms with Crippen LogP contribution in [0, 0.1) is 5.82 Å². The van der Waals surface area contributed by atoms with Gasteiger partial charge >= 0.3 is 6.03 Å². The van der Waals surface area contributed by atoms with Gasteiger partial charge in [-0.2, -0.15) is 0 Å². The van der Waals surface area contributed by atoms with Crippen LogP contribution in [0.4, 0.5) is 9.18 Å². The molecule has 3 fully saturated rings. The van der Waals surface area contributed by atoms with Crippen molar-refractivity contribution in [1.82, 2.24) is 10.6 Å². The maximum absolute atomic E-state index is 13.1. The van der Waals surface area contributed by atoms with Gasteiger partial charge in [0.25, 0.3) is 0 Å². The molecule has 7 nitrogen and oxygen atoms in total. The van der Waals surface area contributed by atoms with E-state index in [1.54, 1.807) is 12.1 Å². The van der Waals surface area contributed by atoms with E-state index >= 15 is 0 Å². The van der Waals surface area contributed by atoms with Gasteiger partial charge in [0.1, 0.15) is 23.8 Å². The maximum atomic E-state index is 13.1. The summed E-state index contributed by atoms with van der Waals surface area (Å²) in [5, 5.41) is 6.14. The van der Waals surface area contributed by atoms with Crippen LogP contribution in [0.3, 0.4) is 0 Å². The third-order valence-electron chi connectivity index (χ3n) is 6.75. The highest BCUT2D eigenvalue weighted by molar-refractivity contribution is 5.74. The Kier molecular flexibility index (Phi) is 7.27. The second-order valence-corrected chi connectivity index (χ2v) is 9.16. The molecular weight excluding hydrogens is 439 g/mol. The first-order valence-electron chi connectivity index (χ1n) is 12.0. The minimum Gasteiger partial charge on any atom is -0.485 e. The molecule has 6 atom stereocenters. The molecule has 0 aromatic heterocycles. The quantitative estimate of drug-likeness (QED) is 0.647. The molecule has 3 aliphatic rings. The summed E-state index contributed by atoms with van der Waals surface area (Å²) in [4.78, 5) is 12.8. The van der Waals surface area contributed by atoms with Crippen LogP contribution < -0.4 is 15.4 Å². The zero-order valence-corrected chi connectivity index (χ0v) is 19.0. The third kappa shape index (κ3) is 5.51. The van der Waals surface area contributed by atoms with Crippen LogP contribution in [0.5, 0.6) is 5.75 Å². The van der Waals surface area contributed by atoms with E-state index in [1.807, 2.05) is 30.3 Å². The first-order valence-corrected chi connectivity index (χ1v) is 12.0. The molecule has 2 heterocycles. The molecule has 1 saturated carbocycles. The molecule has 2 N–H and O–H groups in total. The molecule has 2 aromatic rings. The minimum absolute atomic E-state index is 0.0106. The highest BCUT2D eigenvalue weighted by Gasteiger charge is 2.49. The maximum Gasteiger partial charge on any atom is 0.315 e. The Balaban J connectivity index is 1.11. The molecule has 2 aliphatic heterocycles. The molecule has 0 bridgehead atoms. The molecular formula is C26H31FN2O5. The number of rotatable bonds is 7. The van der Waals surface area contributed by atoms with Crippen molar-refractivity contribution in [3.05, 3.63) is 66.0 Å². The number of nitrogens with one attached hydrogen (secondary N) is 2. The third-order valence-corrected chi connectivity index (χ3v) is 6.75. The van der Waals surface area contributed by atoms with Crippen LogP contribution in [-0.2, 0) is 20.8 Å². The number of urea groups is 1. The largest absolute Gasteiger partial charge is 0.485 e. The van der Waals surface area contributed by atoms with Crippen molar-refractivity contribution < 1.29 is 28.1 Å². The Hall–Kier alpha value is -2.68. The molecule has 182 valence electrons. The highest BCUT2D eigenvalue weighted by atomic mass is 19.1. The van der Waals surface area contributed by atoms with Gasteiger partial charge in [-0.15, -0.1) is 0 Å². The second kappa shape index (κ2) is 10.7. The fraction of sp³-hybridized carbons (Fsp3) is 0.500. The first kappa shape index (κ1) is 23.1. The van der Waals surface area contributed by atoms with E-state index in [1.165, 1.54) is 12.1 Å². The molecule has 34 heavy (non-hydrogen) atoms. The Morgan fingerprint density at radius 3 is 2.44 bits per heavy atom. The van der Waals surface area contributed by atoms with Gasteiger partial charge in [-0.05, 0) is 42.7 Å². The van der Waals surface area contributed by atoms with Crippen LogP contribution in [-0.4, -0.2) is 55.7 Å². The standard InChI is InChI=1S/C26H31FN2O5/c27-18-10-12-19(13-11-18)34-23-16-33-24-21(15-32-25(23)24)29-26(30)28-20-8-4-5-9-22(20)31-14-17-6-2-1-3-7-17/h1-3,6-7,10-13,20-25H,4-5,8-9,14-16H2,(H2,28,29,30)/t20-,21+,22-,23+,24-,25-/m1/s1. The molecule has 8 heteroatoms. The van der Waals surface area contributed by atoms with Gasteiger partial charge in [0.05, 0.1) is 38.0 Å². The average molecular weight is 471 g/mol. The Labute approximate surface area is 198 Å². The van der Waals surface area contributed by atoms with Gasteiger partial charge in [0, 0.05) is 0 Å². The summed E-state index contributed by atoms with van der Waals surface area (Å²) < 4.78 is 37.1. The van der Waals surface area contributed by atoms with E-state index in [2.05, 4.69) is 10.6 Å². The summed E-state index contributed by atoms with van der Waals surface area (Å²) in [6, 6.07) is 15.4. The monoisotopic (exact) mass is 470 g/mol. The predicted octanol–water partition coefficient (Wildman–Crippen LogP) is 3.57. The topological polar surface area (TPSA) is 78.1 Å². The van der Waals surface area contributed by atoms with Crippen LogP contribution in [0.15, 0.2) is 54.6 Å². The van der Waals surface area contributed by atoms with Crippen molar-refractivity contribution >= 4 is 6.03 Å². The summed E-state index contributed by atoms with van der Waals surface area (Å²) in [6.07, 6.45) is 3.11. The van der Waals surface area contributed by atoms with Gasteiger partial charge < -0.3 is 29.6 Å². The number of fused-ring (bicyclic) bond motifs is 1. The van der Waals surface area contributed by atoms with Crippen molar-refractivity contribution in [2.75, 3.05) is 13.2 Å². The van der Waals surface area contributed by atoms with Crippen molar-refractivity contribution in [1.29, 1.82) is 0 Å². The summed E-state index contributed by atoms with van der Waals surface area (Å²) in [6.45, 7) is 1.24. The van der Waals surface area contributed by atoms with E-state index in [0.29, 0.717) is 25.6 Å². The summed E-state index contributed by atoms with van der Waals surface area (Å²) >= 11 is 0. The predicted molar refractivity (Wildman–Crippen MR) is 123 cm³/mol. The number of hydrogen-bond acceptors (Lipinski definition) is 5. The van der Waals surface area contributed by atoms with Gasteiger partial charge in [0.15, 0.2) is 6.10 Å². The Morgan fingerprint density at radius 2 is 1.62 bits per heavy atom. The number of halogens is 1. The van der Waals surface area contributed by atoms with Crippen LogP contribution in [0.2, 0.25) is 0 Å². The van der Waals surface area contributed by atoms with Crippen LogP contribution in [0.1, 0.15) is 31.2 Å². The Bertz CT molecular complexity index is 944. The minimum atomic E-state index is -0.314. The second-order valence-electron chi connectivity index (χ2n) is 9.16. The smallest absolute Gasteiger partial charge is 0.315 e. The number of benzene rings is 2. The summed E-state index contributed by atoms with van der Waals surface area (Å²) in [7, 11) is 0. The lowest BCUT2D eigenvalue weighted by atomic mass is 9.92. The van der Waals surface area contributed by atoms with Gasteiger partial charge in [-0.3, -0.25) is 0 Å². The molecule has 1 aliphatic carbocycles. The van der Waals surface area contributed by atoms with E-state index in [9.17, 15) is 9.18 Å². The van der Waals surface area contributed by atoms with Crippen LogP contribution in [0.25, 0.3) is 0 Å². The van der Waals surface area contributed by atoms with Crippen molar-refractivity contribution in [3.63, 3.8) is 0 Å².